The van der Waals surface area contributed by atoms with Crippen molar-refractivity contribution in [2.45, 2.75) is 18.8 Å². The highest BCUT2D eigenvalue weighted by molar-refractivity contribution is 6.31. The Morgan fingerprint density at radius 2 is 1.24 bits per heavy atom. The molecule has 4 heteroatoms. The molecule has 2 unspecified atom stereocenters. The molecule has 0 N–H and O–H groups in total. The maximum atomic E-state index is 5.19. The van der Waals surface area contributed by atoms with Gasteiger partial charge in [0.25, 0.3) is 0 Å². The Bertz CT molecular complexity index is 3430. The average molecular weight is 753 g/mol. The van der Waals surface area contributed by atoms with Gasteiger partial charge in [-0.2, -0.15) is 0 Å². The molecule has 0 bridgehead atoms. The van der Waals surface area contributed by atoms with Gasteiger partial charge in [-0.1, -0.05) is 158 Å². The minimum Gasteiger partial charge on any atom is -0.309 e. The fraction of sp³-hybridized carbons (Fsp3) is 0.0727. The smallest absolute Gasteiger partial charge is 0.164 e. The van der Waals surface area contributed by atoms with Crippen LogP contribution in [0.4, 0.5) is 0 Å². The predicted octanol–water partition coefficient (Wildman–Crippen LogP) is 13.5. The van der Waals surface area contributed by atoms with E-state index in [1.165, 1.54) is 66.0 Å². The monoisotopic (exact) mass is 752 g/mol. The number of rotatable bonds is 5. The van der Waals surface area contributed by atoms with Gasteiger partial charge in [-0.3, -0.25) is 0 Å². The summed E-state index contributed by atoms with van der Waals surface area (Å²) in [5.74, 6) is 2.60. The molecule has 0 aliphatic heterocycles. The zero-order valence-corrected chi connectivity index (χ0v) is 32.2. The normalized spacial score (nSPS) is 17.5. The lowest BCUT2D eigenvalue weighted by Crippen LogP contribution is -2.06. The zero-order valence-electron chi connectivity index (χ0n) is 32.2. The van der Waals surface area contributed by atoms with Crippen molar-refractivity contribution in [3.8, 4) is 28.5 Å². The van der Waals surface area contributed by atoms with Crippen LogP contribution in [0.1, 0.15) is 46.8 Å². The Morgan fingerprint density at radius 1 is 0.508 bits per heavy atom. The summed E-state index contributed by atoms with van der Waals surface area (Å²) in [5, 5.41) is 7.52. The quantitative estimate of drug-likeness (QED) is 0.176. The van der Waals surface area contributed by atoms with E-state index in [0.29, 0.717) is 23.4 Å². The molecule has 276 valence electrons. The number of fused-ring (bicyclic) bond motifs is 4. The van der Waals surface area contributed by atoms with Crippen LogP contribution in [0.2, 0.25) is 0 Å². The van der Waals surface area contributed by atoms with Gasteiger partial charge in [-0.15, -0.1) is 0 Å². The van der Waals surface area contributed by atoms with E-state index in [1.54, 1.807) is 0 Å². The second kappa shape index (κ2) is 12.5. The lowest BCUT2D eigenvalue weighted by Gasteiger charge is -2.22. The van der Waals surface area contributed by atoms with Crippen molar-refractivity contribution in [2.75, 3.05) is 0 Å². The van der Waals surface area contributed by atoms with Crippen LogP contribution in [0, 0.1) is 5.92 Å². The first-order valence-corrected chi connectivity index (χ1v) is 20.7. The number of hydrogen-bond donors (Lipinski definition) is 0. The van der Waals surface area contributed by atoms with E-state index in [4.69, 9.17) is 15.0 Å². The van der Waals surface area contributed by atoms with Crippen LogP contribution in [0.25, 0.3) is 88.5 Å². The molecule has 7 aromatic carbocycles. The molecule has 4 aliphatic carbocycles. The molecule has 0 saturated heterocycles. The Balaban J connectivity index is 1.11. The van der Waals surface area contributed by atoms with Gasteiger partial charge in [0.2, 0.25) is 0 Å². The van der Waals surface area contributed by atoms with Crippen LogP contribution in [0.15, 0.2) is 182 Å². The van der Waals surface area contributed by atoms with Crippen LogP contribution >= 0.6 is 0 Å². The van der Waals surface area contributed by atoms with Crippen molar-refractivity contribution in [1.82, 2.24) is 19.5 Å². The summed E-state index contributed by atoms with van der Waals surface area (Å²) in [6, 6.07) is 51.0. The van der Waals surface area contributed by atoms with Crippen molar-refractivity contribution in [3.63, 3.8) is 0 Å². The number of nitrogens with zero attached hydrogens (tertiary/aromatic N) is 4. The van der Waals surface area contributed by atoms with Gasteiger partial charge in [-0.25, -0.2) is 15.0 Å². The summed E-state index contributed by atoms with van der Waals surface area (Å²) in [6.45, 7) is 0. The summed E-state index contributed by atoms with van der Waals surface area (Å²) in [4.78, 5) is 15.4. The number of hydrogen-bond acceptors (Lipinski definition) is 3. The lowest BCUT2D eigenvalue weighted by atomic mass is 9.81. The largest absolute Gasteiger partial charge is 0.309 e. The molecule has 0 radical (unpaired) electrons. The third kappa shape index (κ3) is 4.69. The molecule has 9 aromatic rings. The van der Waals surface area contributed by atoms with E-state index in [1.807, 2.05) is 18.2 Å². The second-order valence-electron chi connectivity index (χ2n) is 16.1. The van der Waals surface area contributed by atoms with Crippen LogP contribution < -0.4 is 0 Å². The summed E-state index contributed by atoms with van der Waals surface area (Å²) >= 11 is 0. The lowest BCUT2D eigenvalue weighted by molar-refractivity contribution is 0.753. The summed E-state index contributed by atoms with van der Waals surface area (Å²) in [6.07, 6.45) is 17.9. The number of aromatic nitrogens is 4. The summed E-state index contributed by atoms with van der Waals surface area (Å²) in [7, 11) is 0. The minimum atomic E-state index is 0.254. The van der Waals surface area contributed by atoms with Crippen LogP contribution in [-0.4, -0.2) is 19.5 Å². The molecule has 0 saturated carbocycles. The van der Waals surface area contributed by atoms with Crippen molar-refractivity contribution in [1.29, 1.82) is 0 Å². The van der Waals surface area contributed by atoms with E-state index in [9.17, 15) is 0 Å². The maximum Gasteiger partial charge on any atom is 0.164 e. The molecule has 4 nitrogen and oxygen atoms in total. The predicted molar refractivity (Wildman–Crippen MR) is 243 cm³/mol. The zero-order chi connectivity index (χ0) is 38.6. The topological polar surface area (TPSA) is 43.6 Å². The first-order valence-electron chi connectivity index (χ1n) is 20.7. The standard InChI is InChI=1S/C55H36N4/c1-4-15-33(16-5-1)47-43-26-14-21-34-27-30-45-51(48(34)43)52-46(32-28-41-38-23-11-13-25-40(38)49(47)50(41)52)59(45)44-31-29-42(37-22-10-12-24-39(37)44)55-57-53(35-17-6-2-7-18-35)56-54(58-55)36-19-8-3-9-20-36/h1-2,4-8,10-32,38,40H,3,9H2. The molecule has 4 aliphatic rings. The van der Waals surface area contributed by atoms with Gasteiger partial charge >= 0.3 is 0 Å². The molecule has 13 rings (SSSR count). The summed E-state index contributed by atoms with van der Waals surface area (Å²) < 4.78 is 2.53. The van der Waals surface area contributed by atoms with E-state index in [2.05, 4.69) is 168 Å². The number of allylic oxidation sites excluding steroid dienone is 9. The maximum absolute atomic E-state index is 5.19. The molecular weight excluding hydrogens is 717 g/mol. The molecule has 0 amide bonds. The first kappa shape index (κ1) is 32.6. The fourth-order valence-electron chi connectivity index (χ4n) is 10.5. The highest BCUT2D eigenvalue weighted by Crippen LogP contribution is 2.59. The Labute approximate surface area is 341 Å². The van der Waals surface area contributed by atoms with Gasteiger partial charge in [0.1, 0.15) is 0 Å². The van der Waals surface area contributed by atoms with Crippen molar-refractivity contribution in [2.24, 2.45) is 5.92 Å². The average Bonchev–Trinajstić information content (AvgIpc) is 3.78. The first-order chi connectivity index (χ1) is 29.3. The van der Waals surface area contributed by atoms with Crippen molar-refractivity contribution in [3.05, 3.63) is 210 Å². The van der Waals surface area contributed by atoms with Crippen LogP contribution in [-0.2, 0) is 0 Å². The third-order valence-corrected chi connectivity index (χ3v) is 13.0. The van der Waals surface area contributed by atoms with Gasteiger partial charge in [0, 0.05) is 44.7 Å². The Kier molecular flexibility index (Phi) is 6.93. The molecular formula is C55H36N4. The highest BCUT2D eigenvalue weighted by Gasteiger charge is 2.41. The van der Waals surface area contributed by atoms with Crippen molar-refractivity contribution < 1.29 is 0 Å². The molecule has 2 heterocycles. The van der Waals surface area contributed by atoms with E-state index in [-0.39, 0.29) is 5.92 Å². The van der Waals surface area contributed by atoms with Gasteiger partial charge in [0.15, 0.2) is 17.5 Å². The Hall–Kier alpha value is -7.43. The Morgan fingerprint density at radius 3 is 2.07 bits per heavy atom. The molecule has 59 heavy (non-hydrogen) atoms. The molecule has 2 atom stereocenters. The van der Waals surface area contributed by atoms with Gasteiger partial charge in [-0.05, 0) is 86.7 Å². The van der Waals surface area contributed by atoms with Crippen molar-refractivity contribution >= 4 is 60.1 Å². The molecule has 0 spiro atoms. The third-order valence-electron chi connectivity index (χ3n) is 13.0. The van der Waals surface area contributed by atoms with E-state index < -0.39 is 0 Å². The van der Waals surface area contributed by atoms with Crippen LogP contribution in [0.3, 0.4) is 0 Å². The highest BCUT2D eigenvalue weighted by atomic mass is 15.0. The minimum absolute atomic E-state index is 0.254. The molecule has 0 fully saturated rings. The SMILES string of the molecule is C1=CC2C3=C(c4ccccc4)c4cccc5ccc6c(c45)c4c3c(ccc4n6-c3ccc(-c4nc(C5=CCCC=C5)nc(-c5ccccc5)n4)c4ccccc34)C2C=C1. The van der Waals surface area contributed by atoms with E-state index >= 15 is 0 Å². The fourth-order valence-corrected chi connectivity index (χ4v) is 10.5. The van der Waals surface area contributed by atoms with Crippen LogP contribution in [0.5, 0.6) is 0 Å². The van der Waals surface area contributed by atoms with Gasteiger partial charge in [0.05, 0.1) is 16.7 Å². The number of benzene rings is 7. The summed E-state index contributed by atoms with van der Waals surface area (Å²) in [5.41, 5.74) is 14.8. The van der Waals surface area contributed by atoms with Gasteiger partial charge < -0.3 is 4.57 Å². The second-order valence-corrected chi connectivity index (χ2v) is 16.1. The van der Waals surface area contributed by atoms with E-state index in [0.717, 1.165) is 46.0 Å². The molecule has 2 aromatic heterocycles.